The molecular formula is C21H15NO4. The molecule has 0 aliphatic rings. The van der Waals surface area contributed by atoms with Crippen molar-refractivity contribution in [1.82, 2.24) is 5.32 Å². The maximum atomic E-state index is 12.1. The number of carbonyl (C=O) groups excluding carboxylic acids is 2. The van der Waals surface area contributed by atoms with Crippen LogP contribution in [0.4, 0.5) is 0 Å². The lowest BCUT2D eigenvalue weighted by atomic mass is 10.1. The van der Waals surface area contributed by atoms with Crippen LogP contribution >= 0.6 is 0 Å². The van der Waals surface area contributed by atoms with Gasteiger partial charge < -0.3 is 9.73 Å². The molecule has 0 aliphatic heterocycles. The number of nitrogens with one attached hydrogen (secondary N) is 1. The zero-order valence-corrected chi connectivity index (χ0v) is 14.0. The molecule has 26 heavy (non-hydrogen) atoms. The van der Waals surface area contributed by atoms with E-state index in [0.717, 1.165) is 5.56 Å². The van der Waals surface area contributed by atoms with Crippen LogP contribution in [0.5, 0.6) is 0 Å². The first-order chi connectivity index (χ1) is 12.5. The molecule has 3 aromatic rings. The van der Waals surface area contributed by atoms with Gasteiger partial charge in [0, 0.05) is 17.2 Å². The fraction of sp³-hybridized carbons (Fsp3) is 0.0952. The molecule has 1 aromatic heterocycles. The number of fused-ring (bicyclic) bond motifs is 1. The molecule has 0 spiro atoms. The summed E-state index contributed by atoms with van der Waals surface area (Å²) in [5, 5.41) is 3.02. The Labute approximate surface area is 149 Å². The summed E-state index contributed by atoms with van der Waals surface area (Å²) >= 11 is 0. The van der Waals surface area contributed by atoms with Crippen molar-refractivity contribution in [2.45, 2.75) is 6.92 Å². The summed E-state index contributed by atoms with van der Waals surface area (Å²) in [7, 11) is 0. The van der Waals surface area contributed by atoms with Crippen LogP contribution in [0.25, 0.3) is 11.0 Å². The Bertz CT molecular complexity index is 1100. The molecule has 0 aliphatic carbocycles. The minimum Gasteiger partial charge on any atom is -0.451 e. The van der Waals surface area contributed by atoms with Gasteiger partial charge in [-0.1, -0.05) is 36.1 Å². The molecule has 0 atom stereocenters. The zero-order chi connectivity index (χ0) is 18.5. The molecule has 3 rings (SSSR count). The Morgan fingerprint density at radius 3 is 2.54 bits per heavy atom. The van der Waals surface area contributed by atoms with Crippen LogP contribution in [-0.4, -0.2) is 18.2 Å². The molecule has 0 unspecified atom stereocenters. The summed E-state index contributed by atoms with van der Waals surface area (Å²) in [4.78, 5) is 35.3. The number of rotatable bonds is 3. The molecule has 0 saturated heterocycles. The number of Topliss-reactive ketones (excluding diaryl/α,β-unsaturated/α-hetero) is 1. The minimum atomic E-state index is -0.505. The first kappa shape index (κ1) is 17.2. The van der Waals surface area contributed by atoms with Gasteiger partial charge in [0.05, 0.1) is 11.9 Å². The van der Waals surface area contributed by atoms with Gasteiger partial charge in [-0.2, -0.15) is 0 Å². The zero-order valence-electron chi connectivity index (χ0n) is 14.0. The van der Waals surface area contributed by atoms with Crippen LogP contribution in [0.1, 0.15) is 33.4 Å². The largest absolute Gasteiger partial charge is 0.451 e. The Morgan fingerprint density at radius 2 is 1.81 bits per heavy atom. The van der Waals surface area contributed by atoms with Crippen molar-refractivity contribution in [2.75, 3.05) is 6.54 Å². The smallest absolute Gasteiger partial charge is 0.287 e. The lowest BCUT2D eigenvalue weighted by Crippen LogP contribution is -2.24. The standard InChI is InChI=1S/C21H15NO4/c1-14(23)16-10-8-15(9-11-16)5-4-12-22-21(25)20-13-18(24)17-6-2-3-7-19(17)26-20/h2-3,6-11,13H,12H2,1H3,(H,22,25). The topological polar surface area (TPSA) is 76.4 Å². The van der Waals surface area contributed by atoms with Crippen LogP contribution in [0.2, 0.25) is 0 Å². The summed E-state index contributed by atoms with van der Waals surface area (Å²) < 4.78 is 5.46. The van der Waals surface area contributed by atoms with Crippen molar-refractivity contribution < 1.29 is 14.0 Å². The third kappa shape index (κ3) is 3.87. The summed E-state index contributed by atoms with van der Waals surface area (Å²) in [6.07, 6.45) is 0. The molecule has 2 aromatic carbocycles. The van der Waals surface area contributed by atoms with Gasteiger partial charge in [-0.25, -0.2) is 0 Å². The summed E-state index contributed by atoms with van der Waals surface area (Å²) in [5.74, 6) is 5.14. The third-order valence-corrected chi connectivity index (χ3v) is 3.72. The second-order valence-corrected chi connectivity index (χ2v) is 5.59. The SMILES string of the molecule is CC(=O)c1ccc(C#CCNC(=O)c2cc(=O)c3ccccc3o2)cc1. The van der Waals surface area contributed by atoms with Crippen LogP contribution < -0.4 is 10.7 Å². The van der Waals surface area contributed by atoms with E-state index in [4.69, 9.17) is 4.42 Å². The molecule has 0 bridgehead atoms. The number of para-hydroxylation sites is 1. The van der Waals surface area contributed by atoms with E-state index in [2.05, 4.69) is 17.2 Å². The van der Waals surface area contributed by atoms with Gasteiger partial charge in [-0.15, -0.1) is 0 Å². The van der Waals surface area contributed by atoms with Gasteiger partial charge in [-0.05, 0) is 31.2 Å². The van der Waals surface area contributed by atoms with Crippen molar-refractivity contribution >= 4 is 22.7 Å². The van der Waals surface area contributed by atoms with E-state index < -0.39 is 5.91 Å². The van der Waals surface area contributed by atoms with Crippen molar-refractivity contribution in [1.29, 1.82) is 0 Å². The molecule has 5 heteroatoms. The van der Waals surface area contributed by atoms with Crippen LogP contribution in [0.15, 0.2) is 63.8 Å². The van der Waals surface area contributed by atoms with Crippen LogP contribution in [0.3, 0.4) is 0 Å². The fourth-order valence-electron chi connectivity index (χ4n) is 2.36. The van der Waals surface area contributed by atoms with Gasteiger partial charge in [-0.3, -0.25) is 14.4 Å². The van der Waals surface area contributed by atoms with Gasteiger partial charge in [0.15, 0.2) is 17.0 Å². The second kappa shape index (κ2) is 7.49. The molecule has 1 amide bonds. The molecule has 1 heterocycles. The molecule has 1 N–H and O–H groups in total. The van der Waals surface area contributed by atoms with Crippen molar-refractivity contribution in [3.63, 3.8) is 0 Å². The number of hydrogen-bond acceptors (Lipinski definition) is 4. The van der Waals surface area contributed by atoms with Crippen LogP contribution in [0, 0.1) is 11.8 Å². The lowest BCUT2D eigenvalue weighted by Gasteiger charge is -2.02. The monoisotopic (exact) mass is 345 g/mol. The second-order valence-electron chi connectivity index (χ2n) is 5.59. The Balaban J connectivity index is 1.66. The summed E-state index contributed by atoms with van der Waals surface area (Å²) in [6, 6.07) is 14.8. The van der Waals surface area contributed by atoms with Gasteiger partial charge >= 0.3 is 0 Å². The number of ketones is 1. The highest BCUT2D eigenvalue weighted by Gasteiger charge is 2.11. The molecule has 0 radical (unpaired) electrons. The molecule has 0 saturated carbocycles. The van der Waals surface area contributed by atoms with Crippen molar-refractivity contribution in [2.24, 2.45) is 0 Å². The van der Waals surface area contributed by atoms with E-state index in [0.29, 0.717) is 16.5 Å². The van der Waals surface area contributed by atoms with Gasteiger partial charge in [0.2, 0.25) is 0 Å². The van der Waals surface area contributed by atoms with E-state index in [1.54, 1.807) is 48.5 Å². The highest BCUT2D eigenvalue weighted by Crippen LogP contribution is 2.11. The Hall–Kier alpha value is -3.65. The highest BCUT2D eigenvalue weighted by atomic mass is 16.3. The maximum Gasteiger partial charge on any atom is 0.287 e. The van der Waals surface area contributed by atoms with Crippen molar-refractivity contribution in [3.05, 3.63) is 81.7 Å². The number of hydrogen-bond donors (Lipinski definition) is 1. The van der Waals surface area contributed by atoms with Crippen LogP contribution in [-0.2, 0) is 0 Å². The maximum absolute atomic E-state index is 12.1. The lowest BCUT2D eigenvalue weighted by molar-refractivity contribution is 0.0931. The first-order valence-electron chi connectivity index (χ1n) is 7.95. The average molecular weight is 345 g/mol. The van der Waals surface area contributed by atoms with E-state index in [1.807, 2.05) is 0 Å². The molecule has 5 nitrogen and oxygen atoms in total. The summed E-state index contributed by atoms with van der Waals surface area (Å²) in [6.45, 7) is 1.60. The first-order valence-corrected chi connectivity index (χ1v) is 7.95. The number of carbonyl (C=O) groups is 2. The Kier molecular flexibility index (Phi) is 4.95. The van der Waals surface area contributed by atoms with E-state index in [9.17, 15) is 14.4 Å². The number of amides is 1. The molecular weight excluding hydrogens is 330 g/mol. The minimum absolute atomic E-state index is 0.00588. The van der Waals surface area contributed by atoms with E-state index in [-0.39, 0.29) is 23.5 Å². The predicted octanol–water partition coefficient (Wildman–Crippen LogP) is 2.78. The Morgan fingerprint density at radius 1 is 1.08 bits per heavy atom. The van der Waals surface area contributed by atoms with E-state index in [1.165, 1.54) is 13.0 Å². The highest BCUT2D eigenvalue weighted by molar-refractivity contribution is 5.94. The van der Waals surface area contributed by atoms with E-state index >= 15 is 0 Å². The predicted molar refractivity (Wildman–Crippen MR) is 98.1 cm³/mol. The van der Waals surface area contributed by atoms with Gasteiger partial charge in [0.25, 0.3) is 5.91 Å². The fourth-order valence-corrected chi connectivity index (χ4v) is 2.36. The van der Waals surface area contributed by atoms with Crippen molar-refractivity contribution in [3.8, 4) is 11.8 Å². The number of benzene rings is 2. The molecule has 128 valence electrons. The summed E-state index contributed by atoms with van der Waals surface area (Å²) in [5.41, 5.74) is 1.45. The van der Waals surface area contributed by atoms with Gasteiger partial charge in [0.1, 0.15) is 5.58 Å². The quantitative estimate of drug-likeness (QED) is 0.585. The normalized spacial score (nSPS) is 10.0. The average Bonchev–Trinajstić information content (AvgIpc) is 2.65. The molecule has 0 fully saturated rings. The third-order valence-electron chi connectivity index (χ3n) is 3.72.